The summed E-state index contributed by atoms with van der Waals surface area (Å²) in [6, 6.07) is 0. The maximum Gasteiger partial charge on any atom is 0.322 e. The predicted molar refractivity (Wildman–Crippen MR) is 46.5 cm³/mol. The first-order chi connectivity index (χ1) is 6.70. The molecule has 0 amide bonds. The summed E-state index contributed by atoms with van der Waals surface area (Å²) < 4.78 is 14.3. The molecule has 0 spiro atoms. The second kappa shape index (κ2) is 4.95. The summed E-state index contributed by atoms with van der Waals surface area (Å²) in [5.41, 5.74) is 0. The van der Waals surface area contributed by atoms with E-state index >= 15 is 0 Å². The van der Waals surface area contributed by atoms with Crippen LogP contribution in [-0.2, 0) is 23.8 Å². The zero-order valence-electron chi connectivity index (χ0n) is 8.32. The summed E-state index contributed by atoms with van der Waals surface area (Å²) in [6.45, 7) is 0.579. The number of methoxy groups -OCH3 is 2. The van der Waals surface area contributed by atoms with Crippen LogP contribution in [0.4, 0.5) is 0 Å². The summed E-state index contributed by atoms with van der Waals surface area (Å²) in [7, 11) is 2.49. The highest BCUT2D eigenvalue weighted by molar-refractivity contribution is 5.95. The first-order valence-electron chi connectivity index (χ1n) is 4.48. The summed E-state index contributed by atoms with van der Waals surface area (Å²) in [6.07, 6.45) is 1.15. The molecule has 0 saturated carbocycles. The fourth-order valence-corrected chi connectivity index (χ4v) is 1.52. The molecule has 1 unspecified atom stereocenters. The van der Waals surface area contributed by atoms with E-state index in [1.165, 1.54) is 14.2 Å². The lowest BCUT2D eigenvalue weighted by atomic mass is 10.0. The molecule has 80 valence electrons. The van der Waals surface area contributed by atoms with E-state index in [1.807, 2.05) is 0 Å². The number of ether oxygens (including phenoxy) is 3. The van der Waals surface area contributed by atoms with Crippen LogP contribution in [0.2, 0.25) is 0 Å². The van der Waals surface area contributed by atoms with E-state index in [0.717, 1.165) is 6.42 Å². The van der Waals surface area contributed by atoms with Crippen molar-refractivity contribution in [1.82, 2.24) is 0 Å². The standard InChI is InChI=1S/C9H14O5/c1-12-8(10)7(9(11)13-2)6-4-3-5-14-6/h6-7H,3-5H2,1-2H3. The minimum atomic E-state index is -0.938. The molecule has 0 radical (unpaired) electrons. The molecule has 1 heterocycles. The van der Waals surface area contributed by atoms with Crippen LogP contribution in [0.25, 0.3) is 0 Å². The number of rotatable bonds is 3. The first-order valence-corrected chi connectivity index (χ1v) is 4.48. The second-order valence-electron chi connectivity index (χ2n) is 3.08. The van der Waals surface area contributed by atoms with Crippen LogP contribution in [0.15, 0.2) is 0 Å². The van der Waals surface area contributed by atoms with Gasteiger partial charge in [0, 0.05) is 6.61 Å². The highest BCUT2D eigenvalue weighted by Crippen LogP contribution is 2.22. The summed E-state index contributed by atoms with van der Waals surface area (Å²) >= 11 is 0. The molecule has 14 heavy (non-hydrogen) atoms. The Morgan fingerprint density at radius 2 is 1.86 bits per heavy atom. The normalized spacial score (nSPS) is 20.9. The fraction of sp³-hybridized carbons (Fsp3) is 0.778. The Morgan fingerprint density at radius 3 is 2.21 bits per heavy atom. The predicted octanol–water partition coefficient (Wildman–Crippen LogP) is 0.128. The molecule has 1 saturated heterocycles. The third-order valence-electron chi connectivity index (χ3n) is 2.25. The van der Waals surface area contributed by atoms with Crippen LogP contribution in [-0.4, -0.2) is 38.9 Å². The third-order valence-corrected chi connectivity index (χ3v) is 2.25. The van der Waals surface area contributed by atoms with Crippen LogP contribution in [0.3, 0.4) is 0 Å². The zero-order valence-corrected chi connectivity index (χ0v) is 8.32. The van der Waals surface area contributed by atoms with E-state index in [-0.39, 0.29) is 0 Å². The van der Waals surface area contributed by atoms with E-state index in [1.54, 1.807) is 0 Å². The molecule has 0 aliphatic carbocycles. The topological polar surface area (TPSA) is 61.8 Å². The van der Waals surface area contributed by atoms with E-state index in [0.29, 0.717) is 13.0 Å². The third kappa shape index (κ3) is 2.23. The molecule has 1 rings (SSSR count). The Kier molecular flexibility index (Phi) is 3.88. The van der Waals surface area contributed by atoms with Gasteiger partial charge in [-0.2, -0.15) is 0 Å². The van der Waals surface area contributed by atoms with Crippen molar-refractivity contribution in [3.8, 4) is 0 Å². The fourth-order valence-electron chi connectivity index (χ4n) is 1.52. The smallest absolute Gasteiger partial charge is 0.322 e. The lowest BCUT2D eigenvalue weighted by molar-refractivity contribution is -0.164. The van der Waals surface area contributed by atoms with Gasteiger partial charge in [0.15, 0.2) is 5.92 Å². The molecular weight excluding hydrogens is 188 g/mol. The van der Waals surface area contributed by atoms with Crippen molar-refractivity contribution in [1.29, 1.82) is 0 Å². The van der Waals surface area contributed by atoms with Gasteiger partial charge in [0.05, 0.1) is 20.3 Å². The number of carbonyl (C=O) groups is 2. The molecule has 1 atom stereocenters. The molecule has 0 aromatic carbocycles. The van der Waals surface area contributed by atoms with E-state index in [4.69, 9.17) is 4.74 Å². The van der Waals surface area contributed by atoms with Crippen molar-refractivity contribution in [3.63, 3.8) is 0 Å². The van der Waals surface area contributed by atoms with Gasteiger partial charge in [0.2, 0.25) is 0 Å². The molecule has 5 nitrogen and oxygen atoms in total. The van der Waals surface area contributed by atoms with Gasteiger partial charge >= 0.3 is 11.9 Å². The number of esters is 2. The summed E-state index contributed by atoms with van der Waals surface area (Å²) in [5.74, 6) is -2.12. The van der Waals surface area contributed by atoms with Gasteiger partial charge < -0.3 is 14.2 Å². The van der Waals surface area contributed by atoms with Gasteiger partial charge in [0.25, 0.3) is 0 Å². The van der Waals surface area contributed by atoms with Crippen molar-refractivity contribution >= 4 is 11.9 Å². The minimum Gasteiger partial charge on any atom is -0.468 e. The van der Waals surface area contributed by atoms with Crippen molar-refractivity contribution in [2.24, 2.45) is 5.92 Å². The van der Waals surface area contributed by atoms with Crippen molar-refractivity contribution in [2.45, 2.75) is 18.9 Å². The van der Waals surface area contributed by atoms with Gasteiger partial charge in [-0.3, -0.25) is 9.59 Å². The molecule has 0 bridgehead atoms. The largest absolute Gasteiger partial charge is 0.468 e. The Balaban J connectivity index is 2.69. The highest BCUT2D eigenvalue weighted by Gasteiger charge is 2.39. The van der Waals surface area contributed by atoms with E-state index in [9.17, 15) is 9.59 Å². The highest BCUT2D eigenvalue weighted by atomic mass is 16.6. The van der Waals surface area contributed by atoms with E-state index in [2.05, 4.69) is 9.47 Å². The molecule has 0 aromatic rings. The Labute approximate surface area is 82.3 Å². The van der Waals surface area contributed by atoms with Gasteiger partial charge in [0.1, 0.15) is 0 Å². The van der Waals surface area contributed by atoms with Crippen LogP contribution in [0.5, 0.6) is 0 Å². The van der Waals surface area contributed by atoms with Crippen molar-refractivity contribution in [3.05, 3.63) is 0 Å². The minimum absolute atomic E-state index is 0.394. The van der Waals surface area contributed by atoms with Gasteiger partial charge in [-0.15, -0.1) is 0 Å². The second-order valence-corrected chi connectivity index (χ2v) is 3.08. The van der Waals surface area contributed by atoms with Crippen LogP contribution in [0.1, 0.15) is 12.8 Å². The molecule has 1 aliphatic rings. The molecular formula is C9H14O5. The first kappa shape index (κ1) is 11.0. The van der Waals surface area contributed by atoms with Crippen molar-refractivity contribution in [2.75, 3.05) is 20.8 Å². The maximum absolute atomic E-state index is 11.3. The molecule has 0 aromatic heterocycles. The van der Waals surface area contributed by atoms with Crippen LogP contribution >= 0.6 is 0 Å². The summed E-state index contributed by atoms with van der Waals surface area (Å²) in [5, 5.41) is 0. The zero-order chi connectivity index (χ0) is 10.6. The average molecular weight is 202 g/mol. The monoisotopic (exact) mass is 202 g/mol. The molecule has 1 aliphatic heterocycles. The van der Waals surface area contributed by atoms with Crippen LogP contribution in [0, 0.1) is 5.92 Å². The lowest BCUT2D eigenvalue weighted by Crippen LogP contribution is -2.36. The number of carbonyl (C=O) groups excluding carboxylic acids is 2. The van der Waals surface area contributed by atoms with Gasteiger partial charge in [-0.1, -0.05) is 0 Å². The summed E-state index contributed by atoms with van der Waals surface area (Å²) in [4.78, 5) is 22.6. The Hall–Kier alpha value is -1.10. The Bertz CT molecular complexity index is 203. The van der Waals surface area contributed by atoms with Crippen LogP contribution < -0.4 is 0 Å². The van der Waals surface area contributed by atoms with E-state index < -0.39 is 24.0 Å². The van der Waals surface area contributed by atoms with Gasteiger partial charge in [-0.25, -0.2) is 0 Å². The lowest BCUT2D eigenvalue weighted by Gasteiger charge is -2.17. The average Bonchev–Trinajstić information content (AvgIpc) is 2.70. The SMILES string of the molecule is COC(=O)C(C(=O)OC)C1CCCO1. The number of hydrogen-bond donors (Lipinski definition) is 0. The quantitative estimate of drug-likeness (QED) is 0.480. The maximum atomic E-state index is 11.3. The van der Waals surface area contributed by atoms with Gasteiger partial charge in [-0.05, 0) is 12.8 Å². The van der Waals surface area contributed by atoms with Crippen molar-refractivity contribution < 1.29 is 23.8 Å². The Morgan fingerprint density at radius 1 is 1.29 bits per heavy atom. The molecule has 1 fully saturated rings. The molecule has 0 N–H and O–H groups in total. The number of hydrogen-bond acceptors (Lipinski definition) is 5. The molecule has 5 heteroatoms.